The van der Waals surface area contributed by atoms with E-state index >= 15 is 0 Å². The molecule has 0 bridgehead atoms. The van der Waals surface area contributed by atoms with Gasteiger partial charge in [0.15, 0.2) is 9.84 Å². The molecule has 0 aromatic heterocycles. The number of halogens is 1. The first-order chi connectivity index (χ1) is 15.8. The molecule has 2 aromatic rings. The van der Waals surface area contributed by atoms with Crippen molar-refractivity contribution >= 4 is 21.8 Å². The van der Waals surface area contributed by atoms with Crippen molar-refractivity contribution in [1.82, 2.24) is 10.2 Å². The van der Waals surface area contributed by atoms with Crippen LogP contribution in [0.5, 0.6) is 5.75 Å². The van der Waals surface area contributed by atoms with Crippen molar-refractivity contribution in [2.45, 2.75) is 49.1 Å². The summed E-state index contributed by atoms with van der Waals surface area (Å²) in [7, 11) is -3.72. The van der Waals surface area contributed by atoms with Crippen molar-refractivity contribution in [3.05, 3.63) is 59.4 Å². The van der Waals surface area contributed by atoms with Gasteiger partial charge in [-0.25, -0.2) is 17.6 Å². The molecule has 0 unspecified atom stereocenters. The number of imide groups is 1. The van der Waals surface area contributed by atoms with Gasteiger partial charge in [-0.2, -0.15) is 0 Å². The average Bonchev–Trinajstić information content (AvgIpc) is 3.00. The van der Waals surface area contributed by atoms with E-state index in [9.17, 15) is 27.5 Å². The Morgan fingerprint density at radius 1 is 1.21 bits per heavy atom. The van der Waals surface area contributed by atoms with Crippen LogP contribution in [-0.2, 0) is 25.6 Å². The van der Waals surface area contributed by atoms with Gasteiger partial charge < -0.3 is 15.2 Å². The van der Waals surface area contributed by atoms with Gasteiger partial charge in [-0.1, -0.05) is 39.0 Å². The van der Waals surface area contributed by atoms with Gasteiger partial charge in [0.25, 0.3) is 5.91 Å². The predicted molar refractivity (Wildman–Crippen MR) is 122 cm³/mol. The molecule has 182 valence electrons. The Labute approximate surface area is 197 Å². The van der Waals surface area contributed by atoms with Crippen LogP contribution < -0.4 is 10.1 Å². The molecule has 0 aliphatic carbocycles. The van der Waals surface area contributed by atoms with Crippen LogP contribution in [0.15, 0.2) is 47.4 Å². The summed E-state index contributed by atoms with van der Waals surface area (Å²) in [6.45, 7) is 5.56. The second-order valence-corrected chi connectivity index (χ2v) is 11.7. The summed E-state index contributed by atoms with van der Waals surface area (Å²) in [6.07, 6.45) is -1.42. The van der Waals surface area contributed by atoms with E-state index in [0.717, 1.165) is 28.7 Å². The number of carbonyl (C=O) groups is 2. The fourth-order valence-electron chi connectivity index (χ4n) is 4.44. The van der Waals surface area contributed by atoms with Crippen molar-refractivity contribution in [3.63, 3.8) is 0 Å². The predicted octanol–water partition coefficient (Wildman–Crippen LogP) is 2.49. The summed E-state index contributed by atoms with van der Waals surface area (Å²) in [5.74, 6) is -1.24. The minimum atomic E-state index is -3.72. The van der Waals surface area contributed by atoms with Crippen LogP contribution in [0.1, 0.15) is 38.3 Å². The Morgan fingerprint density at radius 2 is 1.91 bits per heavy atom. The Balaban J connectivity index is 1.53. The molecule has 0 saturated carbocycles. The number of carbonyl (C=O) groups excluding carboxylic acids is 2. The highest BCUT2D eigenvalue weighted by atomic mass is 32.2. The topological polar surface area (TPSA) is 113 Å². The number of β-amino-alcohol motifs (C(OH)–C–C–N with tert-alkyl or cyclic N) is 1. The SMILES string of the molecule is CC(C)(C)c1ccccc1OC[C@H](O)CN1C(=O)N[C@]2(CCS(=O)(=O)c3ccc(F)cc32)C1=O. The molecule has 1 fully saturated rings. The number of nitrogens with one attached hydrogen (secondary N) is 1. The number of para-hydroxylation sites is 1. The van der Waals surface area contributed by atoms with Gasteiger partial charge in [0.1, 0.15) is 29.8 Å². The van der Waals surface area contributed by atoms with E-state index in [1.54, 1.807) is 6.07 Å². The fraction of sp³-hybridized carbons (Fsp3) is 0.417. The van der Waals surface area contributed by atoms with E-state index in [1.165, 1.54) is 0 Å². The summed E-state index contributed by atoms with van der Waals surface area (Å²) in [5, 5.41) is 13.1. The first kappa shape index (κ1) is 24.2. The van der Waals surface area contributed by atoms with Crippen LogP contribution in [0, 0.1) is 5.82 Å². The number of amides is 3. The Morgan fingerprint density at radius 3 is 2.62 bits per heavy atom. The number of urea groups is 1. The number of benzene rings is 2. The molecule has 2 N–H and O–H groups in total. The zero-order valence-corrected chi connectivity index (χ0v) is 20.0. The summed E-state index contributed by atoms with van der Waals surface area (Å²) in [4.78, 5) is 26.7. The Kier molecular flexibility index (Phi) is 5.93. The lowest BCUT2D eigenvalue weighted by Crippen LogP contribution is -2.49. The van der Waals surface area contributed by atoms with Crippen molar-refractivity contribution in [2.75, 3.05) is 18.9 Å². The summed E-state index contributed by atoms with van der Waals surface area (Å²) in [5.41, 5.74) is -1.04. The van der Waals surface area contributed by atoms with Crippen LogP contribution in [0.2, 0.25) is 0 Å². The highest BCUT2D eigenvalue weighted by Gasteiger charge is 2.56. The van der Waals surface area contributed by atoms with Gasteiger partial charge in [-0.15, -0.1) is 0 Å². The monoisotopic (exact) mass is 490 g/mol. The maximum atomic E-state index is 14.0. The number of fused-ring (bicyclic) bond motifs is 2. The molecular formula is C24H27FN2O6S. The molecule has 4 rings (SSSR count). The molecule has 0 radical (unpaired) electrons. The maximum absolute atomic E-state index is 14.0. The van der Waals surface area contributed by atoms with Gasteiger partial charge in [0.2, 0.25) is 0 Å². The van der Waals surface area contributed by atoms with Crippen LogP contribution in [0.25, 0.3) is 0 Å². The quantitative estimate of drug-likeness (QED) is 0.492. The number of hydrogen-bond donors (Lipinski definition) is 2. The van der Waals surface area contributed by atoms with Crippen LogP contribution in [0.4, 0.5) is 9.18 Å². The first-order valence-electron chi connectivity index (χ1n) is 10.9. The largest absolute Gasteiger partial charge is 0.491 e. The van der Waals surface area contributed by atoms with Gasteiger partial charge in [0, 0.05) is 5.56 Å². The smallest absolute Gasteiger partial charge is 0.325 e. The standard InChI is InChI=1S/C24H27FN2O6S/c1-23(2,3)17-6-4-5-7-19(17)33-14-16(28)13-27-21(29)24(26-22(27)30)10-11-34(31,32)20-9-8-15(25)12-18(20)24/h4-9,12,16,28H,10-11,13-14H2,1-3H3,(H,26,30)/t16-,24+/m1/s1. The average molecular weight is 491 g/mol. The molecule has 2 aromatic carbocycles. The second-order valence-electron chi connectivity index (χ2n) is 9.67. The number of rotatable bonds is 5. The normalized spacial score (nSPS) is 22.4. The van der Waals surface area contributed by atoms with E-state index in [0.29, 0.717) is 5.75 Å². The van der Waals surface area contributed by atoms with Gasteiger partial charge in [-0.05, 0) is 41.7 Å². The summed E-state index contributed by atoms with van der Waals surface area (Å²) in [6, 6.07) is 9.71. The van der Waals surface area contributed by atoms with E-state index in [2.05, 4.69) is 5.32 Å². The van der Waals surface area contributed by atoms with Crippen molar-refractivity contribution < 1.29 is 32.2 Å². The van der Waals surface area contributed by atoms with Crippen molar-refractivity contribution in [1.29, 1.82) is 0 Å². The third-order valence-corrected chi connectivity index (χ3v) is 7.95. The third-order valence-electron chi connectivity index (χ3n) is 6.18. The van der Waals surface area contributed by atoms with Gasteiger partial charge >= 0.3 is 6.03 Å². The van der Waals surface area contributed by atoms with Gasteiger partial charge in [-0.3, -0.25) is 9.69 Å². The van der Waals surface area contributed by atoms with Crippen LogP contribution in [0.3, 0.4) is 0 Å². The molecule has 34 heavy (non-hydrogen) atoms. The molecule has 2 aliphatic heterocycles. The van der Waals surface area contributed by atoms with Crippen LogP contribution >= 0.6 is 0 Å². The third kappa shape index (κ3) is 4.16. The first-order valence-corrected chi connectivity index (χ1v) is 12.6. The number of sulfone groups is 1. The zero-order chi connectivity index (χ0) is 24.9. The zero-order valence-electron chi connectivity index (χ0n) is 19.2. The molecule has 2 aliphatic rings. The number of nitrogens with zero attached hydrogens (tertiary/aromatic N) is 1. The molecule has 10 heteroatoms. The Hall–Kier alpha value is -2.98. The number of aliphatic hydroxyl groups is 1. The molecule has 8 nitrogen and oxygen atoms in total. The molecule has 3 amide bonds. The van der Waals surface area contributed by atoms with E-state index in [-0.39, 0.29) is 41.2 Å². The van der Waals surface area contributed by atoms with E-state index < -0.39 is 39.2 Å². The lowest BCUT2D eigenvalue weighted by atomic mass is 9.86. The summed E-state index contributed by atoms with van der Waals surface area (Å²) >= 11 is 0. The number of aliphatic hydroxyl groups excluding tert-OH is 1. The van der Waals surface area contributed by atoms with Crippen molar-refractivity contribution in [3.8, 4) is 5.75 Å². The molecule has 2 heterocycles. The lowest BCUT2D eigenvalue weighted by Gasteiger charge is -2.33. The molecular weight excluding hydrogens is 463 g/mol. The van der Waals surface area contributed by atoms with E-state index in [1.807, 2.05) is 39.0 Å². The Bertz CT molecular complexity index is 1260. The van der Waals surface area contributed by atoms with Crippen LogP contribution in [-0.4, -0.2) is 55.4 Å². The number of ether oxygens (including phenoxy) is 1. The molecule has 1 spiro atoms. The molecule has 1 saturated heterocycles. The van der Waals surface area contributed by atoms with E-state index in [4.69, 9.17) is 4.74 Å². The minimum Gasteiger partial charge on any atom is -0.491 e. The summed E-state index contributed by atoms with van der Waals surface area (Å²) < 4.78 is 44.7. The minimum absolute atomic E-state index is 0.0931. The molecule has 2 atom stereocenters. The lowest BCUT2D eigenvalue weighted by molar-refractivity contribution is -0.133. The van der Waals surface area contributed by atoms with Crippen molar-refractivity contribution in [2.24, 2.45) is 0 Å². The highest BCUT2D eigenvalue weighted by Crippen LogP contribution is 2.41. The second kappa shape index (κ2) is 8.35. The van der Waals surface area contributed by atoms with Gasteiger partial charge in [0.05, 0.1) is 17.2 Å². The maximum Gasteiger partial charge on any atom is 0.325 e. The highest BCUT2D eigenvalue weighted by molar-refractivity contribution is 7.91. The fourth-order valence-corrected chi connectivity index (χ4v) is 6.08. The number of hydrogen-bond acceptors (Lipinski definition) is 6.